The van der Waals surface area contributed by atoms with Crippen molar-refractivity contribution in [2.45, 2.75) is 36.6 Å². The second kappa shape index (κ2) is 11.6. The lowest BCUT2D eigenvalue weighted by Gasteiger charge is -2.36. The van der Waals surface area contributed by atoms with Gasteiger partial charge in [0.2, 0.25) is 3.79 Å². The van der Waals surface area contributed by atoms with Crippen LogP contribution in [0.25, 0.3) is 11.0 Å². The summed E-state index contributed by atoms with van der Waals surface area (Å²) in [6.07, 6.45) is 0.183. The minimum absolute atomic E-state index is 0.548. The molecule has 4 rings (SSSR count). The summed E-state index contributed by atoms with van der Waals surface area (Å²) >= 11 is 17.6. The maximum Gasteiger partial charge on any atom is 0.412 e. The smallest absolute Gasteiger partial charge is 0.412 e. The topological polar surface area (TPSA) is 82.7 Å². The molecule has 2 heterocycles. The van der Waals surface area contributed by atoms with Gasteiger partial charge < -0.3 is 19.4 Å². The number of anilines is 2. The third-order valence-corrected chi connectivity index (χ3v) is 7.76. The van der Waals surface area contributed by atoms with Crippen LogP contribution in [-0.2, 0) is 11.2 Å². The number of alkyl halides is 3. The number of imidazole rings is 1. The molecule has 0 spiro atoms. The maximum absolute atomic E-state index is 12.1. The number of aromatic amines is 1. The Hall–Kier alpha value is -2.39. The van der Waals surface area contributed by atoms with Crippen molar-refractivity contribution in [3.8, 4) is 5.75 Å². The number of halogens is 3. The molecule has 1 aliphatic rings. The number of nitrogens with zero attached hydrogens (tertiary/aromatic N) is 3. The van der Waals surface area contributed by atoms with Gasteiger partial charge in [0.25, 0.3) is 0 Å². The van der Waals surface area contributed by atoms with Gasteiger partial charge in [0.1, 0.15) is 23.7 Å². The molecule has 200 valence electrons. The number of fused-ring (bicyclic) bond motifs is 1. The summed E-state index contributed by atoms with van der Waals surface area (Å²) in [7, 11) is 0. The van der Waals surface area contributed by atoms with Gasteiger partial charge in [-0.1, -0.05) is 47.8 Å². The molecule has 0 bridgehead atoms. The fourth-order valence-electron chi connectivity index (χ4n) is 4.06. The van der Waals surface area contributed by atoms with Crippen LogP contribution in [-0.4, -0.2) is 69.7 Å². The highest BCUT2D eigenvalue weighted by Gasteiger charge is 2.44. The molecule has 1 saturated heterocycles. The number of H-pyrrole nitrogens is 1. The molecule has 2 aromatic carbocycles. The van der Waals surface area contributed by atoms with E-state index in [-0.39, 0.29) is 0 Å². The first-order valence-electron chi connectivity index (χ1n) is 12.3. The van der Waals surface area contributed by atoms with Crippen molar-refractivity contribution in [3.63, 3.8) is 0 Å². The third kappa shape index (κ3) is 6.93. The van der Waals surface area contributed by atoms with Gasteiger partial charge >= 0.3 is 6.09 Å². The molecule has 1 fully saturated rings. The van der Waals surface area contributed by atoms with Crippen molar-refractivity contribution in [2.24, 2.45) is 0 Å². The number of nitrogens with one attached hydrogen (secondary N) is 2. The number of carbonyl (C=O) groups is 1. The Bertz CT molecular complexity index is 1200. The van der Waals surface area contributed by atoms with Crippen LogP contribution in [0.2, 0.25) is 0 Å². The van der Waals surface area contributed by atoms with E-state index in [0.717, 1.165) is 61.8 Å². The van der Waals surface area contributed by atoms with Crippen LogP contribution in [0.3, 0.4) is 0 Å². The SMILES string of the molecule is CCc1nc2c(N3CCN(CCOc4ccc(NC(=O)OC(C)(C)C(Cl)(Cl)Cl)cc4)CC3)cccc2[nH]1. The van der Waals surface area contributed by atoms with E-state index in [1.807, 2.05) is 0 Å². The fraction of sp³-hybridized carbons (Fsp3) is 0.462. The van der Waals surface area contributed by atoms with Crippen LogP contribution in [0.1, 0.15) is 26.6 Å². The van der Waals surface area contributed by atoms with Crippen molar-refractivity contribution in [2.75, 3.05) is 49.5 Å². The predicted molar refractivity (Wildman–Crippen MR) is 151 cm³/mol. The average Bonchev–Trinajstić information content (AvgIpc) is 3.28. The van der Waals surface area contributed by atoms with Crippen LogP contribution >= 0.6 is 34.8 Å². The molecule has 3 aromatic rings. The zero-order chi connectivity index (χ0) is 26.6. The van der Waals surface area contributed by atoms with Crippen molar-refractivity contribution in [1.29, 1.82) is 0 Å². The normalized spacial score (nSPS) is 15.1. The molecule has 0 aliphatic carbocycles. The van der Waals surface area contributed by atoms with Crippen LogP contribution in [0.5, 0.6) is 5.75 Å². The Balaban J connectivity index is 1.21. The van der Waals surface area contributed by atoms with Crippen LogP contribution in [0.15, 0.2) is 42.5 Å². The number of para-hydroxylation sites is 1. The predicted octanol–water partition coefficient (Wildman–Crippen LogP) is 6.02. The van der Waals surface area contributed by atoms with Crippen molar-refractivity contribution < 1.29 is 14.3 Å². The summed E-state index contributed by atoms with van der Waals surface area (Å²) < 4.78 is 9.40. The van der Waals surface area contributed by atoms with E-state index in [9.17, 15) is 4.79 Å². The van der Waals surface area contributed by atoms with Gasteiger partial charge in [0.15, 0.2) is 5.60 Å². The quantitative estimate of drug-likeness (QED) is 0.323. The summed E-state index contributed by atoms with van der Waals surface area (Å²) in [5, 5.41) is 2.63. The number of aromatic nitrogens is 2. The number of ether oxygens (including phenoxy) is 2. The maximum atomic E-state index is 12.1. The number of rotatable bonds is 8. The molecular formula is C26H32Cl3N5O3. The van der Waals surface area contributed by atoms with E-state index in [1.165, 1.54) is 19.5 Å². The standard InChI is InChI=1S/C26H32Cl3N5O3/c1-4-22-31-20-6-5-7-21(23(20)32-22)34-14-12-33(13-15-34)16-17-36-19-10-8-18(9-11-19)30-24(35)37-25(2,3)26(27,28)29/h5-11H,4,12-17H2,1-3H3,(H,30,35)(H,31,32). The van der Waals surface area contributed by atoms with Crippen LogP contribution in [0.4, 0.5) is 16.2 Å². The number of hydrogen-bond acceptors (Lipinski definition) is 6. The van der Waals surface area contributed by atoms with E-state index in [2.05, 4.69) is 45.2 Å². The highest BCUT2D eigenvalue weighted by molar-refractivity contribution is 6.68. The van der Waals surface area contributed by atoms with Crippen molar-refractivity contribution in [3.05, 3.63) is 48.3 Å². The number of amides is 1. The molecule has 0 saturated carbocycles. The van der Waals surface area contributed by atoms with Crippen LogP contribution < -0.4 is 15.0 Å². The summed E-state index contributed by atoms with van der Waals surface area (Å²) in [4.78, 5) is 25.1. The Labute approximate surface area is 232 Å². The second-order valence-corrected chi connectivity index (χ2v) is 11.7. The number of benzene rings is 2. The second-order valence-electron chi connectivity index (χ2n) is 9.43. The first kappa shape index (κ1) is 27.6. The third-order valence-electron chi connectivity index (χ3n) is 6.40. The number of carbonyl (C=O) groups excluding carboxylic acids is 1. The molecular weight excluding hydrogens is 537 g/mol. The Morgan fingerprint density at radius 1 is 1.08 bits per heavy atom. The molecule has 0 unspecified atom stereocenters. The lowest BCUT2D eigenvalue weighted by molar-refractivity contribution is 0.0519. The van der Waals surface area contributed by atoms with Gasteiger partial charge in [-0.2, -0.15) is 0 Å². The van der Waals surface area contributed by atoms with Crippen molar-refractivity contribution >= 4 is 63.3 Å². The van der Waals surface area contributed by atoms with E-state index in [4.69, 9.17) is 49.3 Å². The van der Waals surface area contributed by atoms with E-state index in [1.54, 1.807) is 24.3 Å². The molecule has 11 heteroatoms. The Morgan fingerprint density at radius 3 is 2.43 bits per heavy atom. The largest absolute Gasteiger partial charge is 0.492 e. The Morgan fingerprint density at radius 2 is 1.78 bits per heavy atom. The summed E-state index contributed by atoms with van der Waals surface area (Å²) in [5.74, 6) is 1.74. The molecule has 0 atom stereocenters. The Kier molecular flexibility index (Phi) is 8.63. The van der Waals surface area contributed by atoms with E-state index >= 15 is 0 Å². The molecule has 1 aliphatic heterocycles. The molecule has 8 nitrogen and oxygen atoms in total. The summed E-state index contributed by atoms with van der Waals surface area (Å²) in [6.45, 7) is 10.4. The number of hydrogen-bond donors (Lipinski definition) is 2. The van der Waals surface area contributed by atoms with E-state index in [0.29, 0.717) is 12.3 Å². The van der Waals surface area contributed by atoms with E-state index < -0.39 is 15.5 Å². The first-order chi connectivity index (χ1) is 17.6. The minimum atomic E-state index is -1.75. The zero-order valence-corrected chi connectivity index (χ0v) is 23.5. The van der Waals surface area contributed by atoms with Gasteiger partial charge in [0.05, 0.1) is 11.2 Å². The first-order valence-corrected chi connectivity index (χ1v) is 13.4. The van der Waals surface area contributed by atoms with Gasteiger partial charge in [0, 0.05) is 44.8 Å². The molecule has 0 radical (unpaired) electrons. The van der Waals surface area contributed by atoms with Crippen LogP contribution in [0, 0.1) is 0 Å². The average molecular weight is 569 g/mol. The minimum Gasteiger partial charge on any atom is -0.492 e. The molecule has 1 amide bonds. The highest BCUT2D eigenvalue weighted by atomic mass is 35.6. The fourth-order valence-corrected chi connectivity index (χ4v) is 4.18. The molecule has 37 heavy (non-hydrogen) atoms. The van der Waals surface area contributed by atoms with Gasteiger partial charge in [-0.05, 0) is 50.2 Å². The lowest BCUT2D eigenvalue weighted by Crippen LogP contribution is -2.47. The molecule has 2 N–H and O–H groups in total. The summed E-state index contributed by atoms with van der Waals surface area (Å²) in [6, 6.07) is 13.4. The lowest BCUT2D eigenvalue weighted by atomic mass is 10.2. The zero-order valence-electron chi connectivity index (χ0n) is 21.2. The van der Waals surface area contributed by atoms with Gasteiger partial charge in [-0.3, -0.25) is 10.2 Å². The monoisotopic (exact) mass is 567 g/mol. The van der Waals surface area contributed by atoms with Gasteiger partial charge in [-0.25, -0.2) is 9.78 Å². The molecule has 1 aromatic heterocycles. The van der Waals surface area contributed by atoms with Crippen molar-refractivity contribution in [1.82, 2.24) is 14.9 Å². The number of piperazine rings is 1. The summed E-state index contributed by atoms with van der Waals surface area (Å²) in [5.41, 5.74) is 2.59. The number of aryl methyl sites for hydroxylation is 1. The highest BCUT2D eigenvalue weighted by Crippen LogP contribution is 2.40. The van der Waals surface area contributed by atoms with Gasteiger partial charge in [-0.15, -0.1) is 0 Å².